The third-order valence-electron chi connectivity index (χ3n) is 2.90. The number of halogens is 1. The van der Waals surface area contributed by atoms with E-state index in [0.717, 1.165) is 18.4 Å². The summed E-state index contributed by atoms with van der Waals surface area (Å²) in [5, 5.41) is 0.589. The van der Waals surface area contributed by atoms with Gasteiger partial charge in [-0.05, 0) is 30.5 Å². The molecule has 1 aromatic rings. The van der Waals surface area contributed by atoms with Crippen LogP contribution in [-0.2, 0) is 9.59 Å². The Morgan fingerprint density at radius 3 is 2.78 bits per heavy atom. The molecule has 0 atom stereocenters. The Morgan fingerprint density at radius 1 is 1.28 bits per heavy atom. The molecule has 2 rings (SSSR count). The minimum atomic E-state index is -0.264. The maximum atomic E-state index is 11.9. The van der Waals surface area contributed by atoms with Gasteiger partial charge in [-0.15, -0.1) is 0 Å². The molecule has 94 valence electrons. The smallest absolute Gasteiger partial charge is 0.253 e. The summed E-state index contributed by atoms with van der Waals surface area (Å²) in [5.41, 5.74) is 0.775. The molecule has 0 N–H and O–H groups in total. The van der Waals surface area contributed by atoms with E-state index >= 15 is 0 Å². The van der Waals surface area contributed by atoms with Crippen LogP contribution in [0.5, 0.6) is 0 Å². The van der Waals surface area contributed by atoms with Gasteiger partial charge >= 0.3 is 0 Å². The zero-order valence-electron chi connectivity index (χ0n) is 9.93. The van der Waals surface area contributed by atoms with Crippen LogP contribution in [0, 0.1) is 0 Å². The Hall–Kier alpha value is -1.61. The van der Waals surface area contributed by atoms with Crippen molar-refractivity contribution in [2.45, 2.75) is 19.3 Å². The molecule has 0 spiro atoms. The maximum absolute atomic E-state index is 11.9. The van der Waals surface area contributed by atoms with Crippen molar-refractivity contribution in [2.75, 3.05) is 6.54 Å². The van der Waals surface area contributed by atoms with Crippen molar-refractivity contribution in [3.05, 3.63) is 40.9 Å². The number of carbonyl (C=O) groups is 2. The highest BCUT2D eigenvalue weighted by molar-refractivity contribution is 6.32. The van der Waals surface area contributed by atoms with Crippen LogP contribution in [0.15, 0.2) is 30.3 Å². The fraction of sp³-hybridized carbons (Fsp3) is 0.286. The average Bonchev–Trinajstić information content (AvgIpc) is 2.38. The second-order valence-electron chi connectivity index (χ2n) is 4.20. The van der Waals surface area contributed by atoms with E-state index < -0.39 is 0 Å². The molecule has 3 nitrogen and oxygen atoms in total. The fourth-order valence-corrected chi connectivity index (χ4v) is 2.10. The molecule has 1 aromatic carbocycles. The summed E-state index contributed by atoms with van der Waals surface area (Å²) in [7, 11) is 0. The second kappa shape index (κ2) is 5.83. The Labute approximate surface area is 111 Å². The molecule has 0 radical (unpaired) electrons. The Morgan fingerprint density at radius 2 is 2.06 bits per heavy atom. The Kier molecular flexibility index (Phi) is 4.15. The molecule has 4 heteroatoms. The number of rotatable bonds is 2. The molecular weight excluding hydrogens is 250 g/mol. The SMILES string of the molecule is O=C(C=Cc1ccccc1Cl)N1CCCCC1=O. The lowest BCUT2D eigenvalue weighted by Crippen LogP contribution is -2.39. The van der Waals surface area contributed by atoms with Crippen molar-refractivity contribution >= 4 is 29.5 Å². The summed E-state index contributed by atoms with van der Waals surface area (Å²) in [6.07, 6.45) is 5.27. The molecule has 0 saturated carbocycles. The number of carbonyl (C=O) groups excluding carboxylic acids is 2. The average molecular weight is 264 g/mol. The molecule has 1 saturated heterocycles. The second-order valence-corrected chi connectivity index (χ2v) is 4.60. The lowest BCUT2D eigenvalue weighted by atomic mass is 10.1. The van der Waals surface area contributed by atoms with Crippen LogP contribution in [0.4, 0.5) is 0 Å². The number of hydrogen-bond acceptors (Lipinski definition) is 2. The van der Waals surface area contributed by atoms with E-state index in [0.29, 0.717) is 18.0 Å². The highest BCUT2D eigenvalue weighted by Crippen LogP contribution is 2.17. The molecule has 0 aliphatic carbocycles. The van der Waals surface area contributed by atoms with E-state index in [1.165, 1.54) is 11.0 Å². The number of hydrogen-bond donors (Lipinski definition) is 0. The minimum Gasteiger partial charge on any atom is -0.279 e. The van der Waals surface area contributed by atoms with Gasteiger partial charge in [-0.1, -0.05) is 29.8 Å². The van der Waals surface area contributed by atoms with E-state index in [-0.39, 0.29) is 11.8 Å². The van der Waals surface area contributed by atoms with Crippen molar-refractivity contribution < 1.29 is 9.59 Å². The lowest BCUT2D eigenvalue weighted by molar-refractivity contribution is -0.143. The van der Waals surface area contributed by atoms with Gasteiger partial charge in [-0.2, -0.15) is 0 Å². The van der Waals surface area contributed by atoms with E-state index in [9.17, 15) is 9.59 Å². The van der Waals surface area contributed by atoms with Crippen LogP contribution in [0.1, 0.15) is 24.8 Å². The monoisotopic (exact) mass is 263 g/mol. The molecule has 2 amide bonds. The van der Waals surface area contributed by atoms with Gasteiger partial charge in [-0.25, -0.2) is 0 Å². The number of likely N-dealkylation sites (tertiary alicyclic amines) is 1. The topological polar surface area (TPSA) is 37.4 Å². The highest BCUT2D eigenvalue weighted by atomic mass is 35.5. The summed E-state index contributed by atoms with van der Waals surface area (Å²) in [4.78, 5) is 24.7. The van der Waals surface area contributed by atoms with Crippen molar-refractivity contribution in [1.82, 2.24) is 4.90 Å². The first kappa shape index (κ1) is 12.8. The number of imide groups is 1. The molecule has 1 aliphatic heterocycles. The first-order chi connectivity index (χ1) is 8.68. The van der Waals surface area contributed by atoms with E-state index in [1.54, 1.807) is 12.1 Å². The van der Waals surface area contributed by atoms with E-state index in [1.807, 2.05) is 18.2 Å². The van der Waals surface area contributed by atoms with E-state index in [4.69, 9.17) is 11.6 Å². The third kappa shape index (κ3) is 2.99. The van der Waals surface area contributed by atoms with Crippen LogP contribution < -0.4 is 0 Å². The number of piperidine rings is 1. The summed E-state index contributed by atoms with van der Waals surface area (Å²) >= 11 is 5.98. The van der Waals surface area contributed by atoms with Crippen molar-refractivity contribution in [3.8, 4) is 0 Å². The van der Waals surface area contributed by atoms with Gasteiger partial charge in [-0.3, -0.25) is 14.5 Å². The summed E-state index contributed by atoms with van der Waals surface area (Å²) in [6, 6.07) is 7.26. The van der Waals surface area contributed by atoms with Crippen molar-refractivity contribution in [3.63, 3.8) is 0 Å². The van der Waals surface area contributed by atoms with Crippen LogP contribution in [0.3, 0.4) is 0 Å². The molecule has 0 bridgehead atoms. The van der Waals surface area contributed by atoms with Gasteiger partial charge in [0.1, 0.15) is 0 Å². The highest BCUT2D eigenvalue weighted by Gasteiger charge is 2.22. The zero-order chi connectivity index (χ0) is 13.0. The van der Waals surface area contributed by atoms with Crippen LogP contribution >= 0.6 is 11.6 Å². The van der Waals surface area contributed by atoms with Crippen molar-refractivity contribution in [2.24, 2.45) is 0 Å². The summed E-state index contributed by atoms with van der Waals surface area (Å²) in [6.45, 7) is 0.518. The molecule has 1 heterocycles. The predicted octanol–water partition coefficient (Wildman–Crippen LogP) is 2.89. The molecular formula is C14H14ClNO2. The first-order valence-corrected chi connectivity index (χ1v) is 6.33. The molecule has 18 heavy (non-hydrogen) atoms. The first-order valence-electron chi connectivity index (χ1n) is 5.95. The Bertz CT molecular complexity index is 496. The van der Waals surface area contributed by atoms with Crippen molar-refractivity contribution in [1.29, 1.82) is 0 Å². The van der Waals surface area contributed by atoms with Gasteiger partial charge in [0.2, 0.25) is 5.91 Å². The van der Waals surface area contributed by atoms with Gasteiger partial charge < -0.3 is 0 Å². The molecule has 1 fully saturated rings. The minimum absolute atomic E-state index is 0.0879. The number of nitrogens with zero attached hydrogens (tertiary/aromatic N) is 1. The largest absolute Gasteiger partial charge is 0.279 e. The quantitative estimate of drug-likeness (QED) is 0.770. The van der Waals surface area contributed by atoms with Crippen LogP contribution in [0.2, 0.25) is 5.02 Å². The van der Waals surface area contributed by atoms with Gasteiger partial charge in [0.05, 0.1) is 0 Å². The molecule has 0 aromatic heterocycles. The van der Waals surface area contributed by atoms with Crippen LogP contribution in [0.25, 0.3) is 6.08 Å². The summed E-state index contributed by atoms with van der Waals surface area (Å²) in [5.74, 6) is -0.352. The third-order valence-corrected chi connectivity index (χ3v) is 3.24. The Balaban J connectivity index is 2.07. The van der Waals surface area contributed by atoms with Crippen LogP contribution in [-0.4, -0.2) is 23.3 Å². The number of amides is 2. The maximum Gasteiger partial charge on any atom is 0.253 e. The van der Waals surface area contributed by atoms with Gasteiger partial charge in [0.15, 0.2) is 0 Å². The zero-order valence-corrected chi connectivity index (χ0v) is 10.7. The van der Waals surface area contributed by atoms with Gasteiger partial charge in [0.25, 0.3) is 5.91 Å². The molecule has 1 aliphatic rings. The molecule has 0 unspecified atom stereocenters. The predicted molar refractivity (Wildman–Crippen MR) is 71.1 cm³/mol. The lowest BCUT2D eigenvalue weighted by Gasteiger charge is -2.23. The summed E-state index contributed by atoms with van der Waals surface area (Å²) < 4.78 is 0. The standard InChI is InChI=1S/C14H14ClNO2/c15-12-6-2-1-5-11(12)8-9-14(18)16-10-4-3-7-13(16)17/h1-2,5-6,8-9H,3-4,7,10H2. The van der Waals surface area contributed by atoms with Gasteiger partial charge in [0, 0.05) is 24.1 Å². The fourth-order valence-electron chi connectivity index (χ4n) is 1.90. The normalized spacial score (nSPS) is 16.3. The van der Waals surface area contributed by atoms with E-state index in [2.05, 4.69) is 0 Å². The number of benzene rings is 1.